The van der Waals surface area contributed by atoms with Gasteiger partial charge in [0.1, 0.15) is 18.0 Å². The molecule has 1 unspecified atom stereocenters. The average Bonchev–Trinajstić information content (AvgIpc) is 3.25. The topological polar surface area (TPSA) is 81.9 Å². The van der Waals surface area contributed by atoms with Gasteiger partial charge in [0, 0.05) is 6.20 Å². The summed E-state index contributed by atoms with van der Waals surface area (Å²) in [6.45, 7) is 0.372. The number of para-hydroxylation sites is 1. The lowest BCUT2D eigenvalue weighted by Gasteiger charge is -2.25. The maximum absolute atomic E-state index is 13.7. The molecule has 5 aromatic rings. The third-order valence-corrected chi connectivity index (χ3v) is 6.41. The Morgan fingerprint density at radius 3 is 2.46 bits per heavy atom. The van der Waals surface area contributed by atoms with Crippen LogP contribution in [0.2, 0.25) is 0 Å². The molecule has 1 aliphatic heterocycles. The van der Waals surface area contributed by atoms with E-state index in [2.05, 4.69) is 4.98 Å². The summed E-state index contributed by atoms with van der Waals surface area (Å²) >= 11 is 0. The first-order valence-electron chi connectivity index (χ1n) is 11.8. The van der Waals surface area contributed by atoms with E-state index < -0.39 is 11.9 Å². The quantitative estimate of drug-likeness (QED) is 0.312. The van der Waals surface area contributed by atoms with Crippen LogP contribution in [-0.4, -0.2) is 18.0 Å². The summed E-state index contributed by atoms with van der Waals surface area (Å²) in [7, 11) is 1.56. The number of ether oxygens (including phenoxy) is 2. The zero-order chi connectivity index (χ0) is 25.4. The molecule has 182 valence electrons. The highest BCUT2D eigenvalue weighted by molar-refractivity contribution is 6.10. The third kappa shape index (κ3) is 3.90. The first kappa shape index (κ1) is 22.5. The number of hydrogen-bond acceptors (Lipinski definition) is 6. The maximum Gasteiger partial charge on any atom is 0.296 e. The summed E-state index contributed by atoms with van der Waals surface area (Å²) in [6, 6.07) is 26.7. The van der Waals surface area contributed by atoms with Gasteiger partial charge in [-0.25, -0.2) is 4.98 Å². The van der Waals surface area contributed by atoms with Crippen LogP contribution in [-0.2, 0) is 6.61 Å². The van der Waals surface area contributed by atoms with Crippen LogP contribution in [0.25, 0.3) is 11.0 Å². The molecule has 0 spiro atoms. The Balaban J connectivity index is 1.48. The van der Waals surface area contributed by atoms with Crippen molar-refractivity contribution < 1.29 is 18.7 Å². The fourth-order valence-corrected chi connectivity index (χ4v) is 4.68. The Kier molecular flexibility index (Phi) is 5.65. The first-order valence-corrected chi connectivity index (χ1v) is 11.8. The molecule has 2 aromatic heterocycles. The average molecular weight is 491 g/mol. The van der Waals surface area contributed by atoms with Gasteiger partial charge in [0.05, 0.1) is 24.1 Å². The molecule has 0 N–H and O–H groups in total. The minimum atomic E-state index is -0.754. The standard InChI is InChI=1S/C30H22N2O5/c1-35-24-17-20(14-15-23(24)36-18-19-9-3-2-4-10-19)27-26-28(33)21-11-5-6-12-22(21)37-29(26)30(34)32(27)25-13-7-8-16-31-25/h2-17,27H,18H2,1H3. The van der Waals surface area contributed by atoms with E-state index in [1.165, 1.54) is 4.90 Å². The monoisotopic (exact) mass is 490 g/mol. The van der Waals surface area contributed by atoms with Gasteiger partial charge in [0.15, 0.2) is 16.9 Å². The lowest BCUT2D eigenvalue weighted by Crippen LogP contribution is -2.30. The first-order chi connectivity index (χ1) is 18.2. The van der Waals surface area contributed by atoms with Crippen molar-refractivity contribution in [3.05, 3.63) is 130 Å². The fraction of sp³-hybridized carbons (Fsp3) is 0.100. The Hall–Kier alpha value is -4.91. The Morgan fingerprint density at radius 1 is 0.892 bits per heavy atom. The highest BCUT2D eigenvalue weighted by Crippen LogP contribution is 2.42. The van der Waals surface area contributed by atoms with Gasteiger partial charge in [-0.05, 0) is 47.5 Å². The molecule has 0 bridgehead atoms. The van der Waals surface area contributed by atoms with Gasteiger partial charge >= 0.3 is 0 Å². The lowest BCUT2D eigenvalue weighted by atomic mass is 9.98. The summed E-state index contributed by atoms with van der Waals surface area (Å²) in [4.78, 5) is 33.2. The van der Waals surface area contributed by atoms with E-state index in [1.807, 2.05) is 36.4 Å². The molecular formula is C30H22N2O5. The van der Waals surface area contributed by atoms with Crippen molar-refractivity contribution in [2.45, 2.75) is 12.6 Å². The lowest BCUT2D eigenvalue weighted by molar-refractivity contribution is 0.0970. The van der Waals surface area contributed by atoms with E-state index in [0.29, 0.717) is 40.5 Å². The molecule has 7 nitrogen and oxygen atoms in total. The number of anilines is 1. The molecule has 0 aliphatic carbocycles. The van der Waals surface area contributed by atoms with Crippen molar-refractivity contribution in [2.24, 2.45) is 0 Å². The van der Waals surface area contributed by atoms with Gasteiger partial charge in [-0.1, -0.05) is 54.6 Å². The van der Waals surface area contributed by atoms with Crippen LogP contribution >= 0.6 is 0 Å². The third-order valence-electron chi connectivity index (χ3n) is 6.41. The van der Waals surface area contributed by atoms with Gasteiger partial charge < -0.3 is 13.9 Å². The number of carbonyl (C=O) groups is 1. The summed E-state index contributed by atoms with van der Waals surface area (Å²) < 4.78 is 17.7. The molecule has 1 aliphatic rings. The van der Waals surface area contributed by atoms with Crippen LogP contribution in [0.15, 0.2) is 106 Å². The number of fused-ring (bicyclic) bond motifs is 2. The normalized spacial score (nSPS) is 14.6. The molecule has 0 radical (unpaired) electrons. The molecule has 37 heavy (non-hydrogen) atoms. The molecule has 0 saturated heterocycles. The molecule has 6 rings (SSSR count). The highest BCUT2D eigenvalue weighted by atomic mass is 16.5. The smallest absolute Gasteiger partial charge is 0.296 e. The number of carbonyl (C=O) groups excluding carboxylic acids is 1. The van der Waals surface area contributed by atoms with Crippen LogP contribution in [0.4, 0.5) is 5.82 Å². The van der Waals surface area contributed by atoms with Gasteiger partial charge in [-0.2, -0.15) is 0 Å². The number of amides is 1. The van der Waals surface area contributed by atoms with Crippen LogP contribution in [0.3, 0.4) is 0 Å². The molecule has 1 amide bonds. The van der Waals surface area contributed by atoms with Crippen molar-refractivity contribution >= 4 is 22.7 Å². The second kappa shape index (κ2) is 9.28. The van der Waals surface area contributed by atoms with Crippen molar-refractivity contribution in [1.29, 1.82) is 0 Å². The van der Waals surface area contributed by atoms with Crippen molar-refractivity contribution in [1.82, 2.24) is 4.98 Å². The summed E-state index contributed by atoms with van der Waals surface area (Å²) in [5.74, 6) is 1.04. The molecule has 7 heteroatoms. The Labute approximate surface area is 212 Å². The van der Waals surface area contributed by atoms with E-state index in [1.54, 1.807) is 67.9 Å². The van der Waals surface area contributed by atoms with E-state index in [-0.39, 0.29) is 16.8 Å². The summed E-state index contributed by atoms with van der Waals surface area (Å²) in [6.07, 6.45) is 1.61. The molecular weight excluding hydrogens is 468 g/mol. The number of hydrogen-bond donors (Lipinski definition) is 0. The number of nitrogens with zero attached hydrogens (tertiary/aromatic N) is 2. The van der Waals surface area contributed by atoms with Gasteiger partial charge in [0.25, 0.3) is 5.91 Å². The zero-order valence-electron chi connectivity index (χ0n) is 20.0. The summed E-state index contributed by atoms with van der Waals surface area (Å²) in [5.41, 5.74) is 2.08. The van der Waals surface area contributed by atoms with Crippen molar-refractivity contribution in [3.8, 4) is 11.5 Å². The minimum Gasteiger partial charge on any atom is -0.493 e. The zero-order valence-corrected chi connectivity index (χ0v) is 20.0. The molecule has 0 saturated carbocycles. The number of benzene rings is 3. The molecule has 3 aromatic carbocycles. The second-order valence-electron chi connectivity index (χ2n) is 8.62. The number of aromatic nitrogens is 1. The van der Waals surface area contributed by atoms with Crippen molar-refractivity contribution in [3.63, 3.8) is 0 Å². The fourth-order valence-electron chi connectivity index (χ4n) is 4.68. The SMILES string of the molecule is COc1cc(C2c3c(oc4ccccc4c3=O)C(=O)N2c2ccccn2)ccc1OCc1ccccc1. The van der Waals surface area contributed by atoms with E-state index >= 15 is 0 Å². The maximum atomic E-state index is 13.7. The Bertz CT molecular complexity index is 1660. The number of methoxy groups -OCH3 is 1. The minimum absolute atomic E-state index is 0.0164. The van der Waals surface area contributed by atoms with Crippen molar-refractivity contribution in [2.75, 3.05) is 12.0 Å². The number of rotatable bonds is 6. The van der Waals surface area contributed by atoms with E-state index in [4.69, 9.17) is 13.9 Å². The van der Waals surface area contributed by atoms with E-state index in [0.717, 1.165) is 5.56 Å². The van der Waals surface area contributed by atoms with Crippen LogP contribution in [0, 0.1) is 0 Å². The largest absolute Gasteiger partial charge is 0.493 e. The molecule has 0 fully saturated rings. The highest BCUT2D eigenvalue weighted by Gasteiger charge is 2.44. The molecule has 1 atom stereocenters. The van der Waals surface area contributed by atoms with Gasteiger partial charge in [-0.15, -0.1) is 0 Å². The second-order valence-corrected chi connectivity index (χ2v) is 8.62. The van der Waals surface area contributed by atoms with Crippen LogP contribution < -0.4 is 19.8 Å². The predicted octanol–water partition coefficient (Wildman–Crippen LogP) is 5.53. The summed E-state index contributed by atoms with van der Waals surface area (Å²) in [5, 5.41) is 0.414. The molecule has 3 heterocycles. The van der Waals surface area contributed by atoms with Crippen LogP contribution in [0.1, 0.15) is 33.3 Å². The van der Waals surface area contributed by atoms with Crippen LogP contribution in [0.5, 0.6) is 11.5 Å². The Morgan fingerprint density at radius 2 is 1.68 bits per heavy atom. The van der Waals surface area contributed by atoms with Gasteiger partial charge in [0.2, 0.25) is 5.76 Å². The van der Waals surface area contributed by atoms with Gasteiger partial charge in [-0.3, -0.25) is 14.5 Å². The number of pyridine rings is 1. The predicted molar refractivity (Wildman–Crippen MR) is 139 cm³/mol. The van der Waals surface area contributed by atoms with E-state index in [9.17, 15) is 9.59 Å².